The van der Waals surface area contributed by atoms with Crippen molar-refractivity contribution >= 4 is 0 Å². The summed E-state index contributed by atoms with van der Waals surface area (Å²) in [6.07, 6.45) is 21.1. The summed E-state index contributed by atoms with van der Waals surface area (Å²) in [6, 6.07) is 0. The number of nitrogens with one attached hydrogen (secondary N) is 1. The van der Waals surface area contributed by atoms with Crippen LogP contribution in [0.1, 0.15) is 78.1 Å². The summed E-state index contributed by atoms with van der Waals surface area (Å²) >= 11 is 0. The smallest absolute Gasteiger partial charge is 0.102 e. The van der Waals surface area contributed by atoms with Gasteiger partial charge in [0.2, 0.25) is 0 Å². The first kappa shape index (κ1) is 18.7. The van der Waals surface area contributed by atoms with Crippen molar-refractivity contribution in [3.8, 4) is 0 Å². The molecule has 1 atom stereocenters. The molecule has 0 saturated heterocycles. The van der Waals surface area contributed by atoms with Gasteiger partial charge in [0.25, 0.3) is 0 Å². The van der Waals surface area contributed by atoms with Crippen molar-refractivity contribution in [3.63, 3.8) is 0 Å². The van der Waals surface area contributed by atoms with Gasteiger partial charge in [-0.25, -0.2) is 0 Å². The van der Waals surface area contributed by atoms with E-state index in [4.69, 9.17) is 0 Å². The molecule has 0 aliphatic carbocycles. The van der Waals surface area contributed by atoms with E-state index in [-0.39, 0.29) is 12.4 Å². The van der Waals surface area contributed by atoms with Crippen LogP contribution in [-0.4, -0.2) is 6.54 Å². The largest absolute Gasteiger partial charge is 1.00 e. The molecule has 19 heavy (non-hydrogen) atoms. The maximum Gasteiger partial charge on any atom is 0.102 e. The Bertz CT molecular complexity index is 258. The van der Waals surface area contributed by atoms with E-state index in [0.29, 0.717) is 0 Å². The normalized spacial score (nSPS) is 17.4. The van der Waals surface area contributed by atoms with Crippen LogP contribution in [0.5, 0.6) is 0 Å². The minimum absolute atomic E-state index is 0. The molecule has 1 aliphatic rings. The molecule has 0 saturated carbocycles. The van der Waals surface area contributed by atoms with Crippen LogP contribution in [-0.2, 0) is 0 Å². The summed E-state index contributed by atoms with van der Waals surface area (Å²) in [6.45, 7) is 5.75. The summed E-state index contributed by atoms with van der Waals surface area (Å²) in [5.41, 5.74) is 1.41. The van der Waals surface area contributed by atoms with Gasteiger partial charge in [-0.1, -0.05) is 58.3 Å². The highest BCUT2D eigenvalue weighted by molar-refractivity contribution is 5.14. The number of halogens is 1. The average molecular weight is 286 g/mol. The molecule has 2 heteroatoms. The summed E-state index contributed by atoms with van der Waals surface area (Å²) in [7, 11) is 0. The average Bonchev–Trinajstić information content (AvgIpc) is 2.77. The first-order valence-corrected chi connectivity index (χ1v) is 8.05. The zero-order chi connectivity index (χ0) is 13.1. The van der Waals surface area contributed by atoms with Crippen molar-refractivity contribution < 1.29 is 17.3 Å². The maximum absolute atomic E-state index is 2.33. The zero-order valence-electron chi connectivity index (χ0n) is 12.9. The third kappa shape index (κ3) is 10.2. The molecule has 1 aliphatic heterocycles. The molecule has 0 bridgehead atoms. The van der Waals surface area contributed by atoms with E-state index in [9.17, 15) is 0 Å². The second kappa shape index (κ2) is 12.7. The van der Waals surface area contributed by atoms with E-state index in [2.05, 4.69) is 32.3 Å². The molecule has 0 amide bonds. The third-order valence-electron chi connectivity index (χ3n) is 3.79. The van der Waals surface area contributed by atoms with Gasteiger partial charge in [-0.2, -0.15) is 0 Å². The molecular weight excluding hydrogens is 254 g/mol. The van der Waals surface area contributed by atoms with E-state index in [1.807, 2.05) is 0 Å². The van der Waals surface area contributed by atoms with Crippen molar-refractivity contribution in [2.45, 2.75) is 78.1 Å². The lowest BCUT2D eigenvalue weighted by Gasteiger charge is -2.06. The Morgan fingerprint density at radius 3 is 1.84 bits per heavy atom. The molecule has 0 radical (unpaired) electrons. The van der Waals surface area contributed by atoms with Crippen LogP contribution in [0.25, 0.3) is 0 Å². The summed E-state index contributed by atoms with van der Waals surface area (Å²) < 4.78 is 0. The molecule has 1 heterocycles. The van der Waals surface area contributed by atoms with Gasteiger partial charge in [0, 0.05) is 5.57 Å². The molecule has 0 aromatic heterocycles. The Kier molecular flexibility index (Phi) is 12.6. The Balaban J connectivity index is 0.00000324. The minimum Gasteiger partial charge on any atom is -1.00 e. The number of unbranched alkanes of at least 4 members (excludes halogenated alkanes) is 9. The van der Waals surface area contributed by atoms with Gasteiger partial charge in [0.05, 0.1) is 12.7 Å². The number of hydrogen-bond donors (Lipinski definition) is 1. The van der Waals surface area contributed by atoms with Crippen molar-refractivity contribution in [3.05, 3.63) is 24.0 Å². The second-order valence-corrected chi connectivity index (χ2v) is 5.73. The summed E-state index contributed by atoms with van der Waals surface area (Å²) in [4.78, 5) is 1.53. The van der Waals surface area contributed by atoms with Gasteiger partial charge in [0.1, 0.15) is 6.20 Å². The predicted molar refractivity (Wildman–Crippen MR) is 80.6 cm³/mol. The van der Waals surface area contributed by atoms with Crippen LogP contribution in [0, 0.1) is 0 Å². The molecule has 1 N–H and O–H groups in total. The van der Waals surface area contributed by atoms with E-state index >= 15 is 0 Å². The van der Waals surface area contributed by atoms with Gasteiger partial charge in [0.15, 0.2) is 0 Å². The van der Waals surface area contributed by atoms with E-state index in [1.165, 1.54) is 81.2 Å². The van der Waals surface area contributed by atoms with Crippen LogP contribution >= 0.6 is 0 Å². The first-order valence-electron chi connectivity index (χ1n) is 8.05. The molecule has 1 rings (SSSR count). The van der Waals surface area contributed by atoms with E-state index in [0.717, 1.165) is 0 Å². The second-order valence-electron chi connectivity index (χ2n) is 5.73. The maximum atomic E-state index is 2.33. The zero-order valence-corrected chi connectivity index (χ0v) is 13.6. The van der Waals surface area contributed by atoms with Gasteiger partial charge >= 0.3 is 0 Å². The minimum atomic E-state index is 0. The van der Waals surface area contributed by atoms with Gasteiger partial charge in [-0.3, -0.25) is 4.90 Å². The first-order chi connectivity index (χ1) is 8.83. The lowest BCUT2D eigenvalue weighted by Crippen LogP contribution is -3.01. The fourth-order valence-corrected chi connectivity index (χ4v) is 2.60. The molecule has 1 unspecified atom stereocenters. The molecule has 0 aromatic carbocycles. The molecule has 0 fully saturated rings. The molecule has 0 aromatic rings. The highest BCUT2D eigenvalue weighted by Gasteiger charge is 2.06. The van der Waals surface area contributed by atoms with Crippen LogP contribution in [0.2, 0.25) is 0 Å². The number of quaternary nitrogens is 1. The molecular formula is C17H32ClN. The van der Waals surface area contributed by atoms with Crippen LogP contribution < -0.4 is 17.3 Å². The number of hydrogen-bond acceptors (Lipinski definition) is 0. The highest BCUT2D eigenvalue weighted by atomic mass is 35.5. The van der Waals surface area contributed by atoms with E-state index in [1.54, 1.807) is 0 Å². The monoisotopic (exact) mass is 285 g/mol. The van der Waals surface area contributed by atoms with Crippen molar-refractivity contribution in [1.82, 2.24) is 0 Å². The third-order valence-corrected chi connectivity index (χ3v) is 3.79. The Labute approximate surface area is 126 Å². The van der Waals surface area contributed by atoms with Crippen molar-refractivity contribution in [2.75, 3.05) is 6.54 Å². The van der Waals surface area contributed by atoms with Crippen LogP contribution in [0.4, 0.5) is 0 Å². The molecule has 112 valence electrons. The standard InChI is InChI=1S/C17H31N.ClH/c1-3-4-5-6-7-8-9-10-11-12-14-18-15-13-17(2)16-18;/h13,15-16H,3-12,14H2,1-2H3;1H. The van der Waals surface area contributed by atoms with Gasteiger partial charge < -0.3 is 12.4 Å². The molecule has 1 nitrogen and oxygen atoms in total. The van der Waals surface area contributed by atoms with Crippen LogP contribution in [0.3, 0.4) is 0 Å². The fraction of sp³-hybridized carbons (Fsp3) is 0.765. The lowest BCUT2D eigenvalue weighted by molar-refractivity contribution is -0.788. The number of rotatable bonds is 11. The summed E-state index contributed by atoms with van der Waals surface area (Å²) in [5.74, 6) is 0. The van der Waals surface area contributed by atoms with Crippen LogP contribution in [0.15, 0.2) is 24.0 Å². The van der Waals surface area contributed by atoms with Gasteiger partial charge in [-0.05, 0) is 25.8 Å². The predicted octanol–water partition coefficient (Wildman–Crippen LogP) is 1.23. The Hall–Kier alpha value is -0.270. The molecule has 0 spiro atoms. The van der Waals surface area contributed by atoms with Gasteiger partial charge in [-0.15, -0.1) is 0 Å². The SMILES string of the molecule is CCCCCCCCCCCC[NH+]1C=CC(C)=C1.[Cl-]. The number of allylic oxidation sites excluding steroid dienone is 2. The summed E-state index contributed by atoms with van der Waals surface area (Å²) in [5, 5.41) is 0. The quantitative estimate of drug-likeness (QED) is 0.545. The van der Waals surface area contributed by atoms with Crippen molar-refractivity contribution in [2.24, 2.45) is 0 Å². The van der Waals surface area contributed by atoms with Crippen molar-refractivity contribution in [1.29, 1.82) is 0 Å². The topological polar surface area (TPSA) is 4.44 Å². The lowest BCUT2D eigenvalue weighted by atomic mass is 10.1. The fourth-order valence-electron chi connectivity index (χ4n) is 2.60. The Morgan fingerprint density at radius 2 is 1.37 bits per heavy atom. The Morgan fingerprint density at radius 1 is 0.842 bits per heavy atom. The van der Waals surface area contributed by atoms with E-state index < -0.39 is 0 Å². The highest BCUT2D eigenvalue weighted by Crippen LogP contribution is 2.10.